The van der Waals surface area contributed by atoms with Crippen LogP contribution in [0.4, 0.5) is 5.69 Å². The van der Waals surface area contributed by atoms with Crippen LogP contribution < -0.4 is 4.90 Å². The van der Waals surface area contributed by atoms with E-state index in [0.717, 1.165) is 29.4 Å². The number of aromatic hydroxyl groups is 1. The Morgan fingerprint density at radius 3 is 1.93 bits per heavy atom. The third kappa shape index (κ3) is 3.50. The predicted molar refractivity (Wildman–Crippen MR) is 67.9 cm³/mol. The number of nitrogens with zero attached hydrogens (tertiary/aromatic N) is 1. The number of halogens is 2. The van der Waals surface area contributed by atoms with Crippen molar-refractivity contribution in [3.05, 3.63) is 24.3 Å². The van der Waals surface area contributed by atoms with Crippen LogP contribution in [0.25, 0.3) is 0 Å². The van der Waals surface area contributed by atoms with Crippen molar-refractivity contribution in [1.82, 2.24) is 0 Å². The molecule has 0 aliphatic rings. The standard InChI is InChI=1S/C10H13Br2NO/c11-5-7-13(8-6-12)9-1-3-10(14)4-2-9/h1-4,14H,5-8H2. The van der Waals surface area contributed by atoms with E-state index in [-0.39, 0.29) is 0 Å². The van der Waals surface area contributed by atoms with Crippen LogP contribution in [0, 0.1) is 0 Å². The third-order valence-electron chi connectivity index (χ3n) is 1.92. The summed E-state index contributed by atoms with van der Waals surface area (Å²) in [4.78, 5) is 2.25. The minimum Gasteiger partial charge on any atom is -0.508 e. The van der Waals surface area contributed by atoms with E-state index in [9.17, 15) is 0 Å². The summed E-state index contributed by atoms with van der Waals surface area (Å²) in [5.41, 5.74) is 1.14. The van der Waals surface area contributed by atoms with E-state index in [2.05, 4.69) is 36.8 Å². The summed E-state index contributed by atoms with van der Waals surface area (Å²) in [6, 6.07) is 7.29. The van der Waals surface area contributed by atoms with Crippen LogP contribution in [0.2, 0.25) is 0 Å². The molecule has 0 unspecified atom stereocenters. The molecule has 0 amide bonds. The zero-order chi connectivity index (χ0) is 10.4. The maximum Gasteiger partial charge on any atom is 0.115 e. The molecule has 1 aromatic rings. The molecular weight excluding hydrogens is 310 g/mol. The van der Waals surface area contributed by atoms with Gasteiger partial charge in [-0.05, 0) is 24.3 Å². The lowest BCUT2D eigenvalue weighted by molar-refractivity contribution is 0.475. The van der Waals surface area contributed by atoms with Crippen LogP contribution in [-0.2, 0) is 0 Å². The van der Waals surface area contributed by atoms with Crippen LogP contribution in [0.1, 0.15) is 0 Å². The van der Waals surface area contributed by atoms with Gasteiger partial charge in [-0.3, -0.25) is 0 Å². The molecule has 0 saturated carbocycles. The topological polar surface area (TPSA) is 23.5 Å². The van der Waals surface area contributed by atoms with Gasteiger partial charge in [0.25, 0.3) is 0 Å². The number of benzene rings is 1. The van der Waals surface area contributed by atoms with Crippen molar-refractivity contribution < 1.29 is 5.11 Å². The van der Waals surface area contributed by atoms with Gasteiger partial charge in [0.15, 0.2) is 0 Å². The van der Waals surface area contributed by atoms with E-state index in [1.54, 1.807) is 12.1 Å². The summed E-state index contributed by atoms with van der Waals surface area (Å²) >= 11 is 6.85. The first-order valence-electron chi connectivity index (χ1n) is 4.44. The Morgan fingerprint density at radius 1 is 1.00 bits per heavy atom. The fourth-order valence-corrected chi connectivity index (χ4v) is 2.09. The van der Waals surface area contributed by atoms with Crippen LogP contribution in [0.5, 0.6) is 5.75 Å². The zero-order valence-electron chi connectivity index (χ0n) is 7.79. The number of hydrogen-bond acceptors (Lipinski definition) is 2. The first kappa shape index (κ1) is 11.9. The largest absolute Gasteiger partial charge is 0.508 e. The van der Waals surface area contributed by atoms with Crippen molar-refractivity contribution in [1.29, 1.82) is 0 Å². The Kier molecular flexibility index (Phi) is 5.33. The van der Waals surface area contributed by atoms with Crippen LogP contribution >= 0.6 is 31.9 Å². The number of phenols is 1. The SMILES string of the molecule is Oc1ccc(N(CCBr)CCBr)cc1. The molecule has 0 heterocycles. The van der Waals surface area contributed by atoms with Crippen molar-refractivity contribution >= 4 is 37.5 Å². The highest BCUT2D eigenvalue weighted by atomic mass is 79.9. The second kappa shape index (κ2) is 6.30. The van der Waals surface area contributed by atoms with Gasteiger partial charge in [0, 0.05) is 29.4 Å². The van der Waals surface area contributed by atoms with E-state index < -0.39 is 0 Å². The highest BCUT2D eigenvalue weighted by molar-refractivity contribution is 9.09. The smallest absolute Gasteiger partial charge is 0.115 e. The lowest BCUT2D eigenvalue weighted by Gasteiger charge is -2.22. The van der Waals surface area contributed by atoms with Crippen LogP contribution in [0.15, 0.2) is 24.3 Å². The van der Waals surface area contributed by atoms with Crippen molar-refractivity contribution in [2.75, 3.05) is 28.6 Å². The number of hydrogen-bond donors (Lipinski definition) is 1. The molecule has 4 heteroatoms. The molecule has 0 aliphatic heterocycles. The number of phenolic OH excluding ortho intramolecular Hbond substituents is 1. The molecule has 0 bridgehead atoms. The second-order valence-electron chi connectivity index (χ2n) is 2.88. The molecule has 0 atom stereocenters. The first-order chi connectivity index (χ1) is 6.77. The van der Waals surface area contributed by atoms with Crippen molar-refractivity contribution in [2.45, 2.75) is 0 Å². The average Bonchev–Trinajstić information content (AvgIpc) is 2.19. The summed E-state index contributed by atoms with van der Waals surface area (Å²) in [7, 11) is 0. The van der Waals surface area contributed by atoms with Gasteiger partial charge in [0.1, 0.15) is 5.75 Å². The zero-order valence-corrected chi connectivity index (χ0v) is 11.0. The second-order valence-corrected chi connectivity index (χ2v) is 4.47. The van der Waals surface area contributed by atoms with E-state index >= 15 is 0 Å². The fourth-order valence-electron chi connectivity index (χ4n) is 1.24. The van der Waals surface area contributed by atoms with Gasteiger partial charge in [-0.2, -0.15) is 0 Å². The highest BCUT2D eigenvalue weighted by Gasteiger charge is 2.04. The number of rotatable bonds is 5. The fraction of sp³-hybridized carbons (Fsp3) is 0.400. The van der Waals surface area contributed by atoms with Crippen molar-refractivity contribution in [3.8, 4) is 5.75 Å². The quantitative estimate of drug-likeness (QED) is 0.842. The summed E-state index contributed by atoms with van der Waals surface area (Å²) in [5.74, 6) is 0.311. The molecule has 0 aliphatic carbocycles. The Balaban J connectivity index is 2.71. The number of alkyl halides is 2. The maximum absolute atomic E-state index is 9.16. The van der Waals surface area contributed by atoms with Gasteiger partial charge in [-0.25, -0.2) is 0 Å². The minimum absolute atomic E-state index is 0.311. The van der Waals surface area contributed by atoms with E-state index in [4.69, 9.17) is 5.11 Å². The van der Waals surface area contributed by atoms with Gasteiger partial charge < -0.3 is 10.0 Å². The molecule has 2 nitrogen and oxygen atoms in total. The van der Waals surface area contributed by atoms with Crippen molar-refractivity contribution in [2.24, 2.45) is 0 Å². The Morgan fingerprint density at radius 2 is 1.50 bits per heavy atom. The highest BCUT2D eigenvalue weighted by Crippen LogP contribution is 2.18. The summed E-state index contributed by atoms with van der Waals surface area (Å²) in [6.07, 6.45) is 0. The minimum atomic E-state index is 0.311. The maximum atomic E-state index is 9.16. The Bertz CT molecular complexity index is 257. The first-order valence-corrected chi connectivity index (χ1v) is 6.68. The van der Waals surface area contributed by atoms with Gasteiger partial charge in [0.05, 0.1) is 0 Å². The van der Waals surface area contributed by atoms with Crippen LogP contribution in [0.3, 0.4) is 0 Å². The normalized spacial score (nSPS) is 10.1. The van der Waals surface area contributed by atoms with E-state index in [0.29, 0.717) is 5.75 Å². The van der Waals surface area contributed by atoms with Crippen LogP contribution in [-0.4, -0.2) is 28.9 Å². The lowest BCUT2D eigenvalue weighted by Crippen LogP contribution is -2.27. The lowest BCUT2D eigenvalue weighted by atomic mass is 10.2. The van der Waals surface area contributed by atoms with Gasteiger partial charge >= 0.3 is 0 Å². The molecule has 0 radical (unpaired) electrons. The molecule has 1 aromatic carbocycles. The van der Waals surface area contributed by atoms with E-state index in [1.165, 1.54) is 0 Å². The third-order valence-corrected chi connectivity index (χ3v) is 2.63. The molecular formula is C10H13Br2NO. The summed E-state index contributed by atoms with van der Waals surface area (Å²) < 4.78 is 0. The molecule has 78 valence electrons. The molecule has 1 N–H and O–H groups in total. The molecule has 0 fully saturated rings. The van der Waals surface area contributed by atoms with Gasteiger partial charge in [-0.15, -0.1) is 0 Å². The monoisotopic (exact) mass is 321 g/mol. The van der Waals surface area contributed by atoms with Crippen molar-refractivity contribution in [3.63, 3.8) is 0 Å². The Labute approximate surface area is 101 Å². The molecule has 0 aromatic heterocycles. The molecule has 1 rings (SSSR count). The van der Waals surface area contributed by atoms with E-state index in [1.807, 2.05) is 12.1 Å². The molecule has 14 heavy (non-hydrogen) atoms. The summed E-state index contributed by atoms with van der Waals surface area (Å²) in [6.45, 7) is 1.94. The molecule has 0 spiro atoms. The number of anilines is 1. The predicted octanol–water partition coefficient (Wildman–Crippen LogP) is 2.99. The molecule has 0 saturated heterocycles. The van der Waals surface area contributed by atoms with Gasteiger partial charge in [-0.1, -0.05) is 31.9 Å². The summed E-state index contributed by atoms with van der Waals surface area (Å²) in [5, 5.41) is 11.1. The Hall–Kier alpha value is -0.220. The van der Waals surface area contributed by atoms with Gasteiger partial charge in [0.2, 0.25) is 0 Å². The average molecular weight is 323 g/mol.